The Morgan fingerprint density at radius 2 is 1.68 bits per heavy atom. The Bertz CT molecular complexity index is 618. The van der Waals surface area contributed by atoms with Crippen LogP contribution in [-0.4, -0.2) is 4.21 Å². The molecule has 0 aliphatic carbocycles. The molecule has 0 N–H and O–H groups in total. The fourth-order valence-corrected chi connectivity index (χ4v) is 3.03. The molecular formula is C15H12BrClOS. The first-order valence-electron chi connectivity index (χ1n) is 5.67. The van der Waals surface area contributed by atoms with E-state index in [1.807, 2.05) is 55.5 Å². The molecule has 0 unspecified atom stereocenters. The Morgan fingerprint density at radius 1 is 1.11 bits per heavy atom. The second-order valence-electron chi connectivity index (χ2n) is 4.08. The molecule has 0 bridgehead atoms. The normalized spacial score (nSPS) is 13.3. The minimum atomic E-state index is -1.33. The first kappa shape index (κ1) is 14.5. The van der Waals surface area contributed by atoms with E-state index >= 15 is 0 Å². The van der Waals surface area contributed by atoms with Crippen LogP contribution in [0.5, 0.6) is 0 Å². The van der Waals surface area contributed by atoms with Crippen LogP contribution in [0.1, 0.15) is 11.1 Å². The van der Waals surface area contributed by atoms with Gasteiger partial charge in [0.05, 0.1) is 10.8 Å². The third-order valence-electron chi connectivity index (χ3n) is 2.56. The highest BCUT2D eigenvalue weighted by Crippen LogP contribution is 2.21. The summed E-state index contributed by atoms with van der Waals surface area (Å²) in [5, 5.41) is 0. The van der Waals surface area contributed by atoms with Gasteiger partial charge in [-0.1, -0.05) is 57.4 Å². The van der Waals surface area contributed by atoms with E-state index in [1.165, 1.54) is 0 Å². The average molecular weight is 356 g/mol. The molecule has 0 saturated heterocycles. The van der Waals surface area contributed by atoms with E-state index in [0.29, 0.717) is 9.26 Å². The Hall–Kier alpha value is -0.900. The molecule has 0 fully saturated rings. The summed E-state index contributed by atoms with van der Waals surface area (Å²) in [6.07, 6.45) is 1.73. The summed E-state index contributed by atoms with van der Waals surface area (Å²) in [6.45, 7) is 1.99. The van der Waals surface area contributed by atoms with Crippen LogP contribution in [0.15, 0.2) is 62.3 Å². The van der Waals surface area contributed by atoms with Crippen molar-refractivity contribution in [1.82, 2.24) is 0 Å². The van der Waals surface area contributed by atoms with E-state index in [4.69, 9.17) is 11.6 Å². The molecule has 1 nitrogen and oxygen atoms in total. The molecule has 0 heterocycles. The summed E-state index contributed by atoms with van der Waals surface area (Å²) in [4.78, 5) is 0.712. The maximum absolute atomic E-state index is 12.2. The highest BCUT2D eigenvalue weighted by molar-refractivity contribution is 9.10. The van der Waals surface area contributed by atoms with Crippen LogP contribution < -0.4 is 0 Å². The first-order valence-corrected chi connectivity index (χ1v) is 7.99. The zero-order valence-corrected chi connectivity index (χ0v) is 13.4. The molecule has 4 heteroatoms. The monoisotopic (exact) mass is 354 g/mol. The number of benzene rings is 2. The molecule has 0 radical (unpaired) electrons. The lowest BCUT2D eigenvalue weighted by Crippen LogP contribution is -1.91. The third kappa shape index (κ3) is 4.03. The molecule has 0 amide bonds. The van der Waals surface area contributed by atoms with Crippen molar-refractivity contribution in [3.05, 3.63) is 68.5 Å². The summed E-state index contributed by atoms with van der Waals surface area (Å²) in [7, 11) is -1.33. The van der Waals surface area contributed by atoms with Crippen LogP contribution in [0.3, 0.4) is 0 Å². The fraction of sp³-hybridized carbons (Fsp3) is 0.0667. The number of hydrogen-bond acceptors (Lipinski definition) is 1. The Kier molecular flexibility index (Phi) is 4.97. The number of aryl methyl sites for hydroxylation is 1. The largest absolute Gasteiger partial charge is 0.248 e. The predicted molar refractivity (Wildman–Crippen MR) is 85.6 cm³/mol. The molecule has 2 aromatic rings. The molecule has 1 atom stereocenters. The summed E-state index contributed by atoms with van der Waals surface area (Å²) in [5.74, 6) is 0. The van der Waals surface area contributed by atoms with Gasteiger partial charge in [-0.3, -0.25) is 0 Å². The predicted octanol–water partition coefficient (Wildman–Crippen LogP) is 5.10. The van der Waals surface area contributed by atoms with E-state index in [2.05, 4.69) is 15.9 Å². The molecule has 19 heavy (non-hydrogen) atoms. The van der Waals surface area contributed by atoms with E-state index in [0.717, 1.165) is 15.6 Å². The van der Waals surface area contributed by atoms with Crippen LogP contribution in [0, 0.1) is 6.92 Å². The smallest absolute Gasteiger partial charge is 0.110 e. The lowest BCUT2D eigenvalue weighted by atomic mass is 10.2. The van der Waals surface area contributed by atoms with Crippen molar-refractivity contribution in [3.8, 4) is 0 Å². The van der Waals surface area contributed by atoms with E-state index in [-0.39, 0.29) is 0 Å². The van der Waals surface area contributed by atoms with Crippen LogP contribution in [0.4, 0.5) is 0 Å². The maximum Gasteiger partial charge on any atom is 0.110 e. The summed E-state index contributed by atoms with van der Waals surface area (Å²) < 4.78 is 13.6. The first-order chi connectivity index (χ1) is 9.06. The van der Waals surface area contributed by atoms with Gasteiger partial charge in [-0.15, -0.1) is 0 Å². The van der Waals surface area contributed by atoms with Gasteiger partial charge in [0.25, 0.3) is 0 Å². The molecule has 0 aromatic heterocycles. The van der Waals surface area contributed by atoms with Gasteiger partial charge in [-0.25, -0.2) is 4.21 Å². The maximum atomic E-state index is 12.2. The van der Waals surface area contributed by atoms with Crippen molar-refractivity contribution in [2.75, 3.05) is 0 Å². The van der Waals surface area contributed by atoms with Crippen molar-refractivity contribution in [2.45, 2.75) is 11.8 Å². The Morgan fingerprint density at radius 3 is 2.26 bits per heavy atom. The quantitative estimate of drug-likeness (QED) is 0.748. The molecule has 0 spiro atoms. The molecule has 0 aliphatic rings. The van der Waals surface area contributed by atoms with Gasteiger partial charge in [0.2, 0.25) is 0 Å². The summed E-state index contributed by atoms with van der Waals surface area (Å²) in [6, 6.07) is 15.2. The highest BCUT2D eigenvalue weighted by atomic mass is 79.9. The lowest BCUT2D eigenvalue weighted by Gasteiger charge is -2.02. The van der Waals surface area contributed by atoms with Crippen molar-refractivity contribution in [1.29, 1.82) is 0 Å². The second kappa shape index (κ2) is 6.51. The van der Waals surface area contributed by atoms with Crippen LogP contribution in [-0.2, 0) is 10.8 Å². The zero-order valence-electron chi connectivity index (χ0n) is 10.3. The lowest BCUT2D eigenvalue weighted by molar-refractivity contribution is 0.688. The minimum absolute atomic E-state index is 0.325. The SMILES string of the molecule is Cc1ccc([S@](=O)/C(Cl)=C\c2ccc(Br)cc2)cc1. The topological polar surface area (TPSA) is 17.1 Å². The minimum Gasteiger partial charge on any atom is -0.248 e. The van der Waals surface area contributed by atoms with Crippen LogP contribution in [0.25, 0.3) is 6.08 Å². The van der Waals surface area contributed by atoms with Crippen molar-refractivity contribution >= 4 is 44.4 Å². The van der Waals surface area contributed by atoms with Crippen molar-refractivity contribution < 1.29 is 4.21 Å². The molecule has 0 saturated carbocycles. The van der Waals surface area contributed by atoms with Crippen LogP contribution in [0.2, 0.25) is 0 Å². The van der Waals surface area contributed by atoms with E-state index in [1.54, 1.807) is 6.08 Å². The summed E-state index contributed by atoms with van der Waals surface area (Å²) >= 11 is 9.50. The Balaban J connectivity index is 2.23. The van der Waals surface area contributed by atoms with Gasteiger partial charge in [0.1, 0.15) is 4.36 Å². The fourth-order valence-electron chi connectivity index (χ4n) is 1.52. The van der Waals surface area contributed by atoms with Gasteiger partial charge < -0.3 is 0 Å². The van der Waals surface area contributed by atoms with Gasteiger partial charge in [-0.2, -0.15) is 0 Å². The molecule has 0 aliphatic heterocycles. The summed E-state index contributed by atoms with van der Waals surface area (Å²) in [5.41, 5.74) is 2.06. The van der Waals surface area contributed by atoms with Gasteiger partial charge in [0.15, 0.2) is 0 Å². The van der Waals surface area contributed by atoms with Gasteiger partial charge in [0, 0.05) is 9.37 Å². The Labute approximate surface area is 128 Å². The molecule has 98 valence electrons. The molecule has 2 aromatic carbocycles. The van der Waals surface area contributed by atoms with Crippen LogP contribution >= 0.6 is 27.5 Å². The van der Waals surface area contributed by atoms with E-state index in [9.17, 15) is 4.21 Å². The van der Waals surface area contributed by atoms with Crippen molar-refractivity contribution in [3.63, 3.8) is 0 Å². The number of rotatable bonds is 3. The average Bonchev–Trinajstić information content (AvgIpc) is 2.41. The zero-order chi connectivity index (χ0) is 13.8. The molecular weight excluding hydrogens is 344 g/mol. The molecule has 2 rings (SSSR count). The third-order valence-corrected chi connectivity index (χ3v) is 4.79. The van der Waals surface area contributed by atoms with Gasteiger partial charge in [-0.05, 0) is 42.8 Å². The van der Waals surface area contributed by atoms with Crippen molar-refractivity contribution in [2.24, 2.45) is 0 Å². The van der Waals surface area contributed by atoms with Gasteiger partial charge >= 0.3 is 0 Å². The number of halogens is 2. The highest BCUT2D eigenvalue weighted by Gasteiger charge is 2.07. The standard InChI is InChI=1S/C15H12BrClOS/c1-11-2-8-14(9-3-11)19(18)15(17)10-12-4-6-13(16)7-5-12/h2-10H,1H3/b15-10-/t19-/m0/s1. The second-order valence-corrected chi connectivity index (χ2v) is 7.08. The number of hydrogen-bond donors (Lipinski definition) is 0. The van der Waals surface area contributed by atoms with E-state index < -0.39 is 10.8 Å².